The van der Waals surface area contributed by atoms with Crippen molar-refractivity contribution in [3.05, 3.63) is 77.6 Å². The van der Waals surface area contributed by atoms with Gasteiger partial charge in [-0.15, -0.1) is 0 Å². The van der Waals surface area contributed by atoms with Crippen LogP contribution in [-0.2, 0) is 9.53 Å². The van der Waals surface area contributed by atoms with Crippen LogP contribution in [0.25, 0.3) is 21.7 Å². The van der Waals surface area contributed by atoms with Crippen LogP contribution in [0, 0.1) is 18.6 Å². The van der Waals surface area contributed by atoms with Gasteiger partial charge in [0, 0.05) is 16.3 Å². The number of nitrogens with one attached hydrogen (secondary N) is 1. The second-order valence-corrected chi connectivity index (χ2v) is 6.44. The van der Waals surface area contributed by atoms with Crippen LogP contribution in [0.15, 0.2) is 59.0 Å². The highest BCUT2D eigenvalue weighted by atomic mass is 19.1. The SMILES string of the molecule is Cc1c(C(=O)OCC(=O)Nc2c(F)cccc2F)oc2c1ccc1ccccc12. The van der Waals surface area contributed by atoms with E-state index in [1.165, 1.54) is 6.07 Å². The lowest BCUT2D eigenvalue weighted by Crippen LogP contribution is -2.22. The van der Waals surface area contributed by atoms with E-state index in [1.807, 2.05) is 36.4 Å². The molecule has 146 valence electrons. The average molecular weight is 395 g/mol. The maximum absolute atomic E-state index is 13.6. The lowest BCUT2D eigenvalue weighted by molar-refractivity contribution is -0.119. The van der Waals surface area contributed by atoms with Crippen molar-refractivity contribution in [2.75, 3.05) is 11.9 Å². The number of para-hydroxylation sites is 1. The highest BCUT2D eigenvalue weighted by Gasteiger charge is 2.21. The Morgan fingerprint density at radius 3 is 2.45 bits per heavy atom. The van der Waals surface area contributed by atoms with Crippen molar-refractivity contribution in [3.63, 3.8) is 0 Å². The molecular formula is C22H15F2NO4. The van der Waals surface area contributed by atoms with Gasteiger partial charge >= 0.3 is 5.97 Å². The molecule has 0 spiro atoms. The first-order chi connectivity index (χ1) is 14.0. The summed E-state index contributed by atoms with van der Waals surface area (Å²) in [4.78, 5) is 24.4. The van der Waals surface area contributed by atoms with Crippen LogP contribution in [0.2, 0.25) is 0 Å². The summed E-state index contributed by atoms with van der Waals surface area (Å²) in [6, 6.07) is 14.5. The van der Waals surface area contributed by atoms with Gasteiger partial charge in [0.1, 0.15) is 22.9 Å². The van der Waals surface area contributed by atoms with E-state index in [0.29, 0.717) is 11.1 Å². The van der Waals surface area contributed by atoms with Crippen LogP contribution in [-0.4, -0.2) is 18.5 Å². The summed E-state index contributed by atoms with van der Waals surface area (Å²) in [5, 5.41) is 4.62. The minimum atomic E-state index is -0.926. The number of amides is 1. The molecule has 0 aliphatic carbocycles. The molecule has 3 aromatic carbocycles. The average Bonchev–Trinajstić information content (AvgIpc) is 3.06. The number of hydrogen-bond acceptors (Lipinski definition) is 4. The second-order valence-electron chi connectivity index (χ2n) is 6.44. The summed E-state index contributed by atoms with van der Waals surface area (Å²) in [7, 11) is 0. The fraction of sp³-hybridized carbons (Fsp3) is 0.0909. The van der Waals surface area contributed by atoms with Gasteiger partial charge in [0.25, 0.3) is 5.91 Å². The number of carbonyl (C=O) groups excluding carboxylic acids is 2. The number of esters is 1. The molecule has 1 amide bonds. The molecular weight excluding hydrogens is 380 g/mol. The molecule has 7 heteroatoms. The minimum absolute atomic E-state index is 0.0266. The van der Waals surface area contributed by atoms with Crippen molar-refractivity contribution in [2.45, 2.75) is 6.92 Å². The van der Waals surface area contributed by atoms with Crippen molar-refractivity contribution in [2.24, 2.45) is 0 Å². The number of aryl methyl sites for hydroxylation is 1. The van der Waals surface area contributed by atoms with Crippen LogP contribution in [0.3, 0.4) is 0 Å². The van der Waals surface area contributed by atoms with Crippen molar-refractivity contribution in [1.82, 2.24) is 0 Å². The summed E-state index contributed by atoms with van der Waals surface area (Å²) < 4.78 is 37.9. The number of hydrogen-bond donors (Lipinski definition) is 1. The van der Waals surface area contributed by atoms with E-state index >= 15 is 0 Å². The largest absolute Gasteiger partial charge is 0.450 e. The lowest BCUT2D eigenvalue weighted by Gasteiger charge is -2.07. The Morgan fingerprint density at radius 1 is 0.966 bits per heavy atom. The summed E-state index contributed by atoms with van der Waals surface area (Å²) in [5.74, 6) is -3.59. The first-order valence-corrected chi connectivity index (χ1v) is 8.77. The van der Waals surface area contributed by atoms with Gasteiger partial charge in [-0.2, -0.15) is 0 Å². The highest BCUT2D eigenvalue weighted by Crippen LogP contribution is 2.32. The Labute approximate surface area is 163 Å². The van der Waals surface area contributed by atoms with Crippen molar-refractivity contribution >= 4 is 39.3 Å². The van der Waals surface area contributed by atoms with Gasteiger partial charge in [-0.25, -0.2) is 13.6 Å². The first-order valence-electron chi connectivity index (χ1n) is 8.77. The van der Waals surface area contributed by atoms with E-state index in [1.54, 1.807) is 6.92 Å². The number of anilines is 1. The number of ether oxygens (including phenoxy) is 1. The summed E-state index contributed by atoms with van der Waals surface area (Å²) >= 11 is 0. The molecule has 1 heterocycles. The maximum Gasteiger partial charge on any atom is 0.375 e. The van der Waals surface area contributed by atoms with Gasteiger partial charge in [0.15, 0.2) is 6.61 Å². The monoisotopic (exact) mass is 395 g/mol. The minimum Gasteiger partial charge on any atom is -0.450 e. The summed E-state index contributed by atoms with van der Waals surface area (Å²) in [6.07, 6.45) is 0. The molecule has 0 saturated heterocycles. The highest BCUT2D eigenvalue weighted by molar-refractivity contribution is 6.08. The molecule has 0 saturated carbocycles. The third-order valence-electron chi connectivity index (χ3n) is 4.58. The molecule has 1 N–H and O–H groups in total. The number of benzene rings is 3. The molecule has 1 aromatic heterocycles. The van der Waals surface area contributed by atoms with Gasteiger partial charge in [-0.1, -0.05) is 42.5 Å². The quantitative estimate of drug-likeness (QED) is 0.496. The van der Waals surface area contributed by atoms with Crippen LogP contribution in [0.1, 0.15) is 16.1 Å². The van der Waals surface area contributed by atoms with E-state index < -0.39 is 35.8 Å². The molecule has 4 aromatic rings. The molecule has 0 aliphatic heterocycles. The smallest absolute Gasteiger partial charge is 0.375 e. The third kappa shape index (κ3) is 3.42. The number of furan rings is 1. The molecule has 0 unspecified atom stereocenters. The van der Waals surface area contributed by atoms with Crippen LogP contribution < -0.4 is 5.32 Å². The predicted octanol–water partition coefficient (Wildman–Crippen LogP) is 4.97. The summed E-state index contributed by atoms with van der Waals surface area (Å²) in [5.41, 5.74) is 0.529. The normalized spacial score (nSPS) is 11.0. The topological polar surface area (TPSA) is 68.5 Å². The Balaban J connectivity index is 1.53. The number of fused-ring (bicyclic) bond motifs is 3. The zero-order chi connectivity index (χ0) is 20.5. The van der Waals surface area contributed by atoms with Gasteiger partial charge in [-0.3, -0.25) is 4.79 Å². The van der Waals surface area contributed by atoms with Crippen molar-refractivity contribution in [1.29, 1.82) is 0 Å². The standard InChI is InChI=1S/C22H15F2NO4/c1-12-14-10-9-13-5-2-3-6-15(13)21(14)29-20(12)22(27)28-11-18(26)25-19-16(23)7-4-8-17(19)24/h2-10H,11H2,1H3,(H,25,26). The van der Waals surface area contributed by atoms with E-state index in [4.69, 9.17) is 9.15 Å². The Hall–Kier alpha value is -3.74. The molecule has 0 atom stereocenters. The fourth-order valence-corrected chi connectivity index (χ4v) is 3.13. The second kappa shape index (κ2) is 7.35. The Bertz CT molecular complexity index is 1240. The molecule has 0 fully saturated rings. The summed E-state index contributed by atoms with van der Waals surface area (Å²) in [6.45, 7) is 0.996. The molecule has 5 nitrogen and oxygen atoms in total. The lowest BCUT2D eigenvalue weighted by atomic mass is 10.1. The van der Waals surface area contributed by atoms with Crippen LogP contribution in [0.4, 0.5) is 14.5 Å². The Kier molecular flexibility index (Phi) is 4.72. The van der Waals surface area contributed by atoms with E-state index in [0.717, 1.165) is 28.3 Å². The molecule has 0 radical (unpaired) electrons. The van der Waals surface area contributed by atoms with Gasteiger partial charge in [0.05, 0.1) is 0 Å². The van der Waals surface area contributed by atoms with Gasteiger partial charge < -0.3 is 14.5 Å². The van der Waals surface area contributed by atoms with Crippen molar-refractivity contribution < 1.29 is 27.5 Å². The number of carbonyl (C=O) groups is 2. The zero-order valence-corrected chi connectivity index (χ0v) is 15.3. The third-order valence-corrected chi connectivity index (χ3v) is 4.58. The zero-order valence-electron chi connectivity index (χ0n) is 15.3. The van der Waals surface area contributed by atoms with Crippen molar-refractivity contribution in [3.8, 4) is 0 Å². The predicted molar refractivity (Wildman–Crippen MR) is 104 cm³/mol. The first kappa shape index (κ1) is 18.6. The number of halogens is 2. The van der Waals surface area contributed by atoms with Crippen LogP contribution in [0.5, 0.6) is 0 Å². The Morgan fingerprint density at radius 2 is 1.69 bits per heavy atom. The molecule has 0 aliphatic rings. The van der Waals surface area contributed by atoms with Gasteiger partial charge in [0.2, 0.25) is 5.76 Å². The fourth-order valence-electron chi connectivity index (χ4n) is 3.13. The molecule has 4 rings (SSSR count). The maximum atomic E-state index is 13.6. The molecule has 0 bridgehead atoms. The van der Waals surface area contributed by atoms with E-state index in [-0.39, 0.29) is 5.76 Å². The van der Waals surface area contributed by atoms with E-state index in [2.05, 4.69) is 5.32 Å². The van der Waals surface area contributed by atoms with E-state index in [9.17, 15) is 18.4 Å². The molecule has 29 heavy (non-hydrogen) atoms. The van der Waals surface area contributed by atoms with Gasteiger partial charge in [-0.05, 0) is 24.4 Å². The number of rotatable bonds is 4. The van der Waals surface area contributed by atoms with Crippen LogP contribution >= 0.6 is 0 Å².